The second-order valence-electron chi connectivity index (χ2n) is 13.4. The van der Waals surface area contributed by atoms with Gasteiger partial charge in [-0.05, 0) is 70.3 Å². The predicted octanol–water partition coefficient (Wildman–Crippen LogP) is 10.3. The lowest BCUT2D eigenvalue weighted by Gasteiger charge is -2.13. The minimum atomic E-state index is 0.345. The van der Waals surface area contributed by atoms with E-state index in [1.165, 1.54) is 27.6 Å². The molecule has 0 bridgehead atoms. The maximum atomic E-state index is 5.67. The molecule has 0 aliphatic carbocycles. The van der Waals surface area contributed by atoms with Gasteiger partial charge in [-0.15, -0.1) is 0 Å². The Morgan fingerprint density at radius 2 is 1.15 bits per heavy atom. The van der Waals surface area contributed by atoms with Gasteiger partial charge >= 0.3 is 0 Å². The number of amidine groups is 1. The number of rotatable bonds is 6. The van der Waals surface area contributed by atoms with Gasteiger partial charge in [-0.1, -0.05) is 133 Å². The summed E-state index contributed by atoms with van der Waals surface area (Å²) in [5.74, 6) is 5.50. The molecule has 10 aromatic rings. The van der Waals surface area contributed by atoms with Crippen molar-refractivity contribution in [3.8, 4) is 27.9 Å². The third-order valence-corrected chi connectivity index (χ3v) is 10.1. The van der Waals surface area contributed by atoms with E-state index in [0.717, 1.165) is 55.3 Å². The Labute approximate surface area is 318 Å². The number of aromatic nitrogens is 4. The number of nitrogens with two attached hydrogens (primary N) is 2. The highest BCUT2D eigenvalue weighted by molar-refractivity contribution is 6.21. The summed E-state index contributed by atoms with van der Waals surface area (Å²) < 4.78 is 4.78. The van der Waals surface area contributed by atoms with Crippen LogP contribution in [0.3, 0.4) is 0 Å². The maximum Gasteiger partial charge on any atom is 0.150 e. The molecule has 0 saturated carbocycles. The molecule has 0 aliphatic rings. The first-order valence-corrected chi connectivity index (χ1v) is 18.2. The Bertz CT molecular complexity index is 2960. The van der Waals surface area contributed by atoms with Crippen LogP contribution in [0.4, 0.5) is 0 Å². The Kier molecular flexibility index (Phi) is 8.78. The molecule has 0 amide bonds. The maximum absolute atomic E-state index is 5.67. The molecule has 0 aliphatic heterocycles. The lowest BCUT2D eigenvalue weighted by atomic mass is 10.0. The third kappa shape index (κ3) is 6.23. The first-order chi connectivity index (χ1) is 27.2. The Balaban J connectivity index is 0.000000209. The molecule has 4 heterocycles. The van der Waals surface area contributed by atoms with Crippen molar-refractivity contribution in [2.45, 2.75) is 6.54 Å². The summed E-state index contributed by atoms with van der Waals surface area (Å²) in [6.45, 7) is 0.712. The fourth-order valence-corrected chi connectivity index (χ4v) is 7.51. The van der Waals surface area contributed by atoms with Gasteiger partial charge in [-0.25, -0.2) is 0 Å². The second-order valence-corrected chi connectivity index (χ2v) is 13.4. The SMILES string of the molecule is N/N=C(\N)c1cccc(-c2ccccc2)c1.c1ccc(-c2cccc(Cn3c4cccnc4c4ncc5c6ccccc6n(-c6ccccc6)c5c43)c2)cc1. The van der Waals surface area contributed by atoms with Gasteiger partial charge in [0.15, 0.2) is 0 Å². The van der Waals surface area contributed by atoms with Crippen molar-refractivity contribution in [2.75, 3.05) is 0 Å². The van der Waals surface area contributed by atoms with Gasteiger partial charge < -0.3 is 20.7 Å². The van der Waals surface area contributed by atoms with Gasteiger partial charge in [0.05, 0.1) is 22.1 Å². The molecule has 0 saturated heterocycles. The molecule has 4 N–H and O–H groups in total. The van der Waals surface area contributed by atoms with Crippen molar-refractivity contribution in [2.24, 2.45) is 16.7 Å². The fourth-order valence-electron chi connectivity index (χ4n) is 7.51. The molecular weight excluding hydrogens is 675 g/mol. The number of hydrogen-bond acceptors (Lipinski definition) is 4. The van der Waals surface area contributed by atoms with E-state index in [1.54, 1.807) is 0 Å². The molecular formula is C48H37N7. The van der Waals surface area contributed by atoms with Crippen LogP contribution in [-0.4, -0.2) is 24.9 Å². The van der Waals surface area contributed by atoms with Crippen LogP contribution in [0, 0.1) is 0 Å². The van der Waals surface area contributed by atoms with E-state index in [1.807, 2.05) is 60.9 Å². The van der Waals surface area contributed by atoms with Crippen LogP contribution < -0.4 is 11.6 Å². The minimum Gasteiger partial charge on any atom is -0.382 e. The molecule has 6 aromatic carbocycles. The molecule has 264 valence electrons. The molecule has 0 unspecified atom stereocenters. The van der Waals surface area contributed by atoms with E-state index < -0.39 is 0 Å². The molecule has 7 heteroatoms. The number of pyridine rings is 2. The van der Waals surface area contributed by atoms with Crippen molar-refractivity contribution in [1.29, 1.82) is 0 Å². The normalized spacial score (nSPS) is 11.6. The number of benzene rings is 6. The number of fused-ring (bicyclic) bond motifs is 7. The van der Waals surface area contributed by atoms with Crippen molar-refractivity contribution >= 4 is 49.7 Å². The van der Waals surface area contributed by atoms with Crippen LogP contribution in [0.5, 0.6) is 0 Å². The van der Waals surface area contributed by atoms with Gasteiger partial charge in [0.1, 0.15) is 16.9 Å². The zero-order chi connectivity index (χ0) is 37.1. The van der Waals surface area contributed by atoms with Crippen LogP contribution in [0.2, 0.25) is 0 Å². The molecule has 0 spiro atoms. The van der Waals surface area contributed by atoms with Crippen molar-refractivity contribution in [3.63, 3.8) is 0 Å². The van der Waals surface area contributed by atoms with E-state index in [4.69, 9.17) is 21.5 Å². The average molecular weight is 712 g/mol. The van der Waals surface area contributed by atoms with Crippen LogP contribution in [0.25, 0.3) is 71.8 Å². The minimum absolute atomic E-state index is 0.345. The van der Waals surface area contributed by atoms with Crippen LogP contribution >= 0.6 is 0 Å². The van der Waals surface area contributed by atoms with Crippen LogP contribution in [-0.2, 0) is 6.54 Å². The van der Waals surface area contributed by atoms with Crippen LogP contribution in [0.1, 0.15) is 11.1 Å². The molecule has 0 radical (unpaired) electrons. The zero-order valence-electron chi connectivity index (χ0n) is 30.0. The van der Waals surface area contributed by atoms with Crippen molar-refractivity contribution in [1.82, 2.24) is 19.1 Å². The monoisotopic (exact) mass is 711 g/mol. The number of nitrogens with zero attached hydrogens (tertiary/aromatic N) is 5. The first kappa shape index (κ1) is 33.3. The second kappa shape index (κ2) is 14.5. The predicted molar refractivity (Wildman–Crippen MR) is 227 cm³/mol. The summed E-state index contributed by atoms with van der Waals surface area (Å²) in [4.78, 5) is 9.83. The van der Waals surface area contributed by atoms with E-state index >= 15 is 0 Å². The zero-order valence-corrected chi connectivity index (χ0v) is 30.0. The molecule has 0 atom stereocenters. The standard InChI is InChI=1S/C35H24N4.C13H13N3/c1-3-12-25(13-4-1)26-14-9-11-24(21-26)23-38-31-19-10-20-36-32(31)33-35(38)34-29(22-37-33)28-17-7-8-18-30(28)39(34)27-15-5-2-6-16-27;14-13(16-15)12-8-4-7-11(9-12)10-5-2-1-3-6-10/h1-22H,23H2;1-9H,15H2,(H2,14,16). The smallest absolute Gasteiger partial charge is 0.150 e. The summed E-state index contributed by atoms with van der Waals surface area (Å²) in [7, 11) is 0. The van der Waals surface area contributed by atoms with E-state index in [0.29, 0.717) is 12.4 Å². The topological polar surface area (TPSA) is 100 Å². The highest BCUT2D eigenvalue weighted by Crippen LogP contribution is 2.39. The molecule has 55 heavy (non-hydrogen) atoms. The summed E-state index contributed by atoms with van der Waals surface area (Å²) in [5, 5.41) is 5.83. The number of hydrazone groups is 1. The van der Waals surface area contributed by atoms with Gasteiger partial charge in [0, 0.05) is 41.0 Å². The lowest BCUT2D eigenvalue weighted by Crippen LogP contribution is -2.15. The number of para-hydroxylation sites is 2. The quantitative estimate of drug-likeness (QED) is 0.0776. The van der Waals surface area contributed by atoms with E-state index in [-0.39, 0.29) is 0 Å². The molecule has 10 rings (SSSR count). The lowest BCUT2D eigenvalue weighted by molar-refractivity contribution is 0.868. The third-order valence-electron chi connectivity index (χ3n) is 10.1. The molecule has 7 nitrogen and oxygen atoms in total. The average Bonchev–Trinajstić information content (AvgIpc) is 3.77. The largest absolute Gasteiger partial charge is 0.382 e. The van der Waals surface area contributed by atoms with Crippen molar-refractivity contribution in [3.05, 3.63) is 199 Å². The van der Waals surface area contributed by atoms with Crippen molar-refractivity contribution < 1.29 is 0 Å². The first-order valence-electron chi connectivity index (χ1n) is 18.2. The Morgan fingerprint density at radius 1 is 0.527 bits per heavy atom. The Hall–Kier alpha value is -7.51. The van der Waals surface area contributed by atoms with Gasteiger partial charge in [0.25, 0.3) is 0 Å². The molecule has 4 aromatic heterocycles. The van der Waals surface area contributed by atoms with Gasteiger partial charge in [-0.3, -0.25) is 9.97 Å². The fraction of sp³-hybridized carbons (Fsp3) is 0.0208. The van der Waals surface area contributed by atoms with E-state index in [9.17, 15) is 0 Å². The highest BCUT2D eigenvalue weighted by Gasteiger charge is 2.22. The summed E-state index contributed by atoms with van der Waals surface area (Å²) in [6, 6.07) is 60.7. The summed E-state index contributed by atoms with van der Waals surface area (Å²) in [6.07, 6.45) is 3.88. The van der Waals surface area contributed by atoms with E-state index in [2.05, 4.69) is 142 Å². The van der Waals surface area contributed by atoms with Crippen LogP contribution in [0.15, 0.2) is 193 Å². The van der Waals surface area contributed by atoms with Gasteiger partial charge in [-0.2, -0.15) is 5.10 Å². The number of hydrogen-bond donors (Lipinski definition) is 2. The highest BCUT2D eigenvalue weighted by atomic mass is 15.2. The summed E-state index contributed by atoms with van der Waals surface area (Å²) >= 11 is 0. The summed E-state index contributed by atoms with van der Waals surface area (Å²) in [5.41, 5.74) is 19.9. The Morgan fingerprint density at radius 3 is 1.87 bits per heavy atom. The molecule has 0 fully saturated rings. The van der Waals surface area contributed by atoms with Gasteiger partial charge in [0.2, 0.25) is 0 Å².